The highest BCUT2D eigenvalue weighted by atomic mass is 16.5. The zero-order chi connectivity index (χ0) is 21.5. The van der Waals surface area contributed by atoms with Crippen LogP contribution in [0.3, 0.4) is 0 Å². The van der Waals surface area contributed by atoms with E-state index in [2.05, 4.69) is 9.97 Å². The predicted octanol–water partition coefficient (Wildman–Crippen LogP) is 0.670. The van der Waals surface area contributed by atoms with Gasteiger partial charge in [-0.05, 0) is 49.5 Å². The largest absolute Gasteiger partial charge is 0.493 e. The molecule has 30 heavy (non-hydrogen) atoms. The van der Waals surface area contributed by atoms with Crippen LogP contribution < -0.4 is 31.3 Å². The van der Waals surface area contributed by atoms with E-state index < -0.39 is 0 Å². The van der Waals surface area contributed by atoms with E-state index in [0.29, 0.717) is 23.7 Å². The van der Waals surface area contributed by atoms with Gasteiger partial charge < -0.3 is 24.3 Å². The highest BCUT2D eigenvalue weighted by Gasteiger charge is 2.06. The first kappa shape index (κ1) is 21.1. The fourth-order valence-electron chi connectivity index (χ4n) is 2.81. The topological polar surface area (TPSA) is 87.4 Å². The summed E-state index contributed by atoms with van der Waals surface area (Å²) in [6, 6.07) is 14.7. The van der Waals surface area contributed by atoms with Crippen LogP contribution in [0.5, 0.6) is 11.5 Å². The summed E-state index contributed by atoms with van der Waals surface area (Å²) in [5.41, 5.74) is 0.764. The number of aromatic amines is 2. The van der Waals surface area contributed by atoms with Crippen LogP contribution >= 0.6 is 0 Å². The summed E-state index contributed by atoms with van der Waals surface area (Å²) < 4.78 is 11.1. The normalized spacial score (nSPS) is 12.4. The third kappa shape index (κ3) is 5.48. The Morgan fingerprint density at radius 1 is 0.867 bits per heavy atom. The predicted molar refractivity (Wildman–Crippen MR) is 118 cm³/mol. The average Bonchev–Trinajstić information content (AvgIpc) is 2.73. The Hall–Kier alpha value is -3.58. The highest BCUT2D eigenvalue weighted by molar-refractivity contribution is 5.55. The van der Waals surface area contributed by atoms with Gasteiger partial charge in [-0.1, -0.05) is 36.4 Å². The van der Waals surface area contributed by atoms with Crippen molar-refractivity contribution in [1.29, 1.82) is 0 Å². The summed E-state index contributed by atoms with van der Waals surface area (Å²) in [7, 11) is 5.50. The van der Waals surface area contributed by atoms with E-state index in [1.54, 1.807) is 37.5 Å². The SMILES string of the molecule is COc1cc(C=c2[nH]c(=O)c(=Cc3ccccc3)[nH]c2=O)ccc1OCCN(C)C. The van der Waals surface area contributed by atoms with Gasteiger partial charge in [0.15, 0.2) is 11.5 Å². The molecular weight excluding hydrogens is 382 g/mol. The first-order valence-corrected chi connectivity index (χ1v) is 9.53. The van der Waals surface area contributed by atoms with Gasteiger partial charge in [0.05, 0.1) is 7.11 Å². The third-order valence-electron chi connectivity index (χ3n) is 4.39. The second-order valence-electron chi connectivity index (χ2n) is 7.00. The van der Waals surface area contributed by atoms with Crippen molar-refractivity contribution < 1.29 is 9.47 Å². The molecule has 7 heteroatoms. The van der Waals surface area contributed by atoms with Crippen molar-refractivity contribution >= 4 is 12.2 Å². The Morgan fingerprint density at radius 2 is 1.50 bits per heavy atom. The van der Waals surface area contributed by atoms with Crippen molar-refractivity contribution in [1.82, 2.24) is 14.9 Å². The Bertz CT molecular complexity index is 1230. The molecule has 7 nitrogen and oxygen atoms in total. The van der Waals surface area contributed by atoms with Crippen LogP contribution in [-0.2, 0) is 0 Å². The molecule has 0 aliphatic rings. The minimum Gasteiger partial charge on any atom is -0.493 e. The lowest BCUT2D eigenvalue weighted by molar-refractivity contribution is 0.250. The van der Waals surface area contributed by atoms with Gasteiger partial charge >= 0.3 is 0 Å². The maximum Gasteiger partial charge on any atom is 0.272 e. The molecule has 0 aliphatic carbocycles. The standard InChI is InChI=1S/C23H25N3O4/c1-26(2)11-12-30-20-10-9-17(15-21(20)29-3)14-19-23(28)24-18(22(27)25-19)13-16-7-5-4-6-8-16/h4-10,13-15H,11-12H2,1-3H3,(H,24,28)(H,25,27). The smallest absolute Gasteiger partial charge is 0.272 e. The summed E-state index contributed by atoms with van der Waals surface area (Å²) in [5, 5.41) is 0.360. The molecule has 0 saturated carbocycles. The Kier molecular flexibility index (Phi) is 6.87. The number of aromatic nitrogens is 2. The number of H-pyrrole nitrogens is 2. The number of rotatable bonds is 7. The quantitative estimate of drug-likeness (QED) is 0.601. The van der Waals surface area contributed by atoms with E-state index in [4.69, 9.17) is 9.47 Å². The molecule has 0 amide bonds. The van der Waals surface area contributed by atoms with Crippen molar-refractivity contribution in [2.75, 3.05) is 34.4 Å². The van der Waals surface area contributed by atoms with Gasteiger partial charge in [-0.25, -0.2) is 0 Å². The van der Waals surface area contributed by atoms with Crippen LogP contribution in [0, 0.1) is 0 Å². The Morgan fingerprint density at radius 3 is 2.10 bits per heavy atom. The summed E-state index contributed by atoms with van der Waals surface area (Å²) in [4.78, 5) is 32.2. The molecule has 2 N–H and O–H groups in total. The van der Waals surface area contributed by atoms with Gasteiger partial charge in [0.25, 0.3) is 11.1 Å². The summed E-state index contributed by atoms with van der Waals surface area (Å²) >= 11 is 0. The Balaban J connectivity index is 1.93. The number of benzene rings is 2. The minimum absolute atomic E-state index is 0.161. The lowest BCUT2D eigenvalue weighted by atomic mass is 10.2. The molecule has 0 unspecified atom stereocenters. The number of hydrogen-bond acceptors (Lipinski definition) is 5. The van der Waals surface area contributed by atoms with Gasteiger partial charge in [-0.3, -0.25) is 9.59 Å². The van der Waals surface area contributed by atoms with E-state index >= 15 is 0 Å². The average molecular weight is 407 g/mol. The summed E-state index contributed by atoms with van der Waals surface area (Å²) in [6.45, 7) is 1.30. The minimum atomic E-state index is -0.387. The zero-order valence-electron chi connectivity index (χ0n) is 17.3. The molecule has 1 aromatic heterocycles. The molecule has 0 radical (unpaired) electrons. The van der Waals surface area contributed by atoms with Crippen LogP contribution in [0.25, 0.3) is 12.2 Å². The van der Waals surface area contributed by atoms with E-state index in [1.165, 1.54) is 0 Å². The lowest BCUT2D eigenvalue weighted by Crippen LogP contribution is -2.46. The van der Waals surface area contributed by atoms with Crippen molar-refractivity contribution in [2.24, 2.45) is 0 Å². The molecule has 156 valence electrons. The molecule has 0 aliphatic heterocycles. The van der Waals surface area contributed by atoms with Crippen LogP contribution in [0.2, 0.25) is 0 Å². The second-order valence-corrected chi connectivity index (χ2v) is 7.00. The molecule has 0 saturated heterocycles. The zero-order valence-corrected chi connectivity index (χ0v) is 17.3. The molecule has 0 spiro atoms. The van der Waals surface area contributed by atoms with Crippen LogP contribution in [0.4, 0.5) is 0 Å². The molecule has 2 aromatic carbocycles. The fraction of sp³-hybridized carbons (Fsp3) is 0.217. The number of methoxy groups -OCH3 is 1. The number of nitrogens with zero attached hydrogens (tertiary/aromatic N) is 1. The van der Waals surface area contributed by atoms with Gasteiger partial charge in [-0.2, -0.15) is 0 Å². The van der Waals surface area contributed by atoms with Crippen molar-refractivity contribution in [3.8, 4) is 11.5 Å². The number of hydrogen-bond donors (Lipinski definition) is 2. The molecule has 0 bridgehead atoms. The first-order chi connectivity index (χ1) is 14.5. The third-order valence-corrected chi connectivity index (χ3v) is 4.39. The molecular formula is C23H25N3O4. The maximum absolute atomic E-state index is 12.5. The number of likely N-dealkylation sites (N-methyl/N-ethyl adjacent to an activating group) is 1. The van der Waals surface area contributed by atoms with Gasteiger partial charge in [0.2, 0.25) is 0 Å². The van der Waals surface area contributed by atoms with Gasteiger partial charge in [-0.15, -0.1) is 0 Å². The van der Waals surface area contributed by atoms with E-state index in [-0.39, 0.29) is 21.8 Å². The lowest BCUT2D eigenvalue weighted by Gasteiger charge is -2.13. The Labute approximate surface area is 173 Å². The molecule has 3 aromatic rings. The maximum atomic E-state index is 12.5. The van der Waals surface area contributed by atoms with Crippen molar-refractivity contribution in [3.05, 3.63) is 91.1 Å². The number of ether oxygens (including phenoxy) is 2. The molecule has 0 atom stereocenters. The van der Waals surface area contributed by atoms with Crippen LogP contribution in [0.15, 0.2) is 58.1 Å². The van der Waals surface area contributed by atoms with E-state index in [1.807, 2.05) is 49.3 Å². The fourth-order valence-corrected chi connectivity index (χ4v) is 2.81. The van der Waals surface area contributed by atoms with Crippen molar-refractivity contribution in [3.63, 3.8) is 0 Å². The van der Waals surface area contributed by atoms with Gasteiger partial charge in [0, 0.05) is 6.54 Å². The van der Waals surface area contributed by atoms with E-state index in [9.17, 15) is 9.59 Å². The van der Waals surface area contributed by atoms with Crippen LogP contribution in [-0.4, -0.2) is 49.2 Å². The molecule has 0 fully saturated rings. The second kappa shape index (κ2) is 9.76. The highest BCUT2D eigenvalue weighted by Crippen LogP contribution is 2.28. The molecule has 1 heterocycles. The first-order valence-electron chi connectivity index (χ1n) is 9.53. The van der Waals surface area contributed by atoms with Crippen LogP contribution in [0.1, 0.15) is 11.1 Å². The van der Waals surface area contributed by atoms with Gasteiger partial charge in [0.1, 0.15) is 17.3 Å². The monoisotopic (exact) mass is 407 g/mol. The number of nitrogens with one attached hydrogen (secondary N) is 2. The summed E-state index contributed by atoms with van der Waals surface area (Å²) in [5.74, 6) is 1.17. The van der Waals surface area contributed by atoms with Crippen molar-refractivity contribution in [2.45, 2.75) is 0 Å². The summed E-state index contributed by atoms with van der Waals surface area (Å²) in [6.07, 6.45) is 3.23. The van der Waals surface area contributed by atoms with E-state index in [0.717, 1.165) is 12.1 Å². The molecule has 3 rings (SSSR count).